The van der Waals surface area contributed by atoms with Crippen molar-refractivity contribution in [3.05, 3.63) is 6.33 Å². The van der Waals surface area contributed by atoms with Crippen molar-refractivity contribution >= 4 is 16.7 Å². The average Bonchev–Trinajstić information content (AvgIpc) is 2.97. The zero-order valence-electron chi connectivity index (χ0n) is 9.13. The van der Waals surface area contributed by atoms with Crippen molar-refractivity contribution in [1.82, 2.24) is 14.3 Å². The molecule has 0 saturated carbocycles. The zero-order valence-corrected chi connectivity index (χ0v) is 9.95. The number of nitrogens with zero attached hydrogens (tertiary/aromatic N) is 3. The number of ether oxygens (including phenoxy) is 1. The summed E-state index contributed by atoms with van der Waals surface area (Å²) < 4.78 is 9.80. The van der Waals surface area contributed by atoms with Gasteiger partial charge in [-0.3, -0.25) is 4.90 Å². The van der Waals surface area contributed by atoms with Crippen LogP contribution in [0, 0.1) is 0 Å². The van der Waals surface area contributed by atoms with Gasteiger partial charge in [0.1, 0.15) is 6.33 Å². The molecule has 2 atom stereocenters. The predicted molar refractivity (Wildman–Crippen MR) is 62.7 cm³/mol. The topological polar surface area (TPSA) is 50.3 Å². The fraction of sp³-hybridized carbons (Fsp3) is 0.800. The van der Waals surface area contributed by atoms with Crippen LogP contribution in [-0.2, 0) is 4.74 Å². The summed E-state index contributed by atoms with van der Waals surface area (Å²) in [5, 5.41) is 4.15. The number of rotatable bonds is 3. The number of anilines is 1. The van der Waals surface area contributed by atoms with Crippen LogP contribution in [0.5, 0.6) is 0 Å². The molecule has 1 N–H and O–H groups in total. The third kappa shape index (κ3) is 2.18. The van der Waals surface area contributed by atoms with Crippen LogP contribution in [0.2, 0.25) is 0 Å². The maximum absolute atomic E-state index is 5.84. The molecule has 0 radical (unpaired) electrons. The molecule has 16 heavy (non-hydrogen) atoms. The highest BCUT2D eigenvalue weighted by Crippen LogP contribution is 2.22. The highest BCUT2D eigenvalue weighted by molar-refractivity contribution is 7.09. The first-order chi connectivity index (χ1) is 7.92. The van der Waals surface area contributed by atoms with E-state index in [9.17, 15) is 0 Å². The minimum atomic E-state index is 0.290. The highest BCUT2D eigenvalue weighted by Gasteiger charge is 2.31. The van der Waals surface area contributed by atoms with Gasteiger partial charge < -0.3 is 10.1 Å². The summed E-state index contributed by atoms with van der Waals surface area (Å²) in [6.45, 7) is 4.01. The molecule has 2 unspecified atom stereocenters. The third-order valence-electron chi connectivity index (χ3n) is 3.30. The molecule has 2 fully saturated rings. The molecular weight excluding hydrogens is 224 g/mol. The van der Waals surface area contributed by atoms with Crippen molar-refractivity contribution in [2.24, 2.45) is 0 Å². The summed E-state index contributed by atoms with van der Waals surface area (Å²) in [6.07, 6.45) is 4.49. The van der Waals surface area contributed by atoms with E-state index in [4.69, 9.17) is 4.74 Å². The Bertz CT molecular complexity index is 332. The maximum Gasteiger partial charge on any atom is 0.202 e. The van der Waals surface area contributed by atoms with E-state index >= 15 is 0 Å². The molecule has 6 heteroatoms. The number of hydrogen-bond acceptors (Lipinski definition) is 6. The molecule has 2 saturated heterocycles. The second-order valence-electron chi connectivity index (χ2n) is 4.37. The Morgan fingerprint density at radius 2 is 2.62 bits per heavy atom. The van der Waals surface area contributed by atoms with Crippen molar-refractivity contribution in [2.75, 3.05) is 31.6 Å². The first kappa shape index (κ1) is 10.4. The fourth-order valence-corrected chi connectivity index (χ4v) is 2.90. The van der Waals surface area contributed by atoms with E-state index in [1.807, 2.05) is 0 Å². The monoisotopic (exact) mass is 240 g/mol. The number of aromatic nitrogens is 2. The summed E-state index contributed by atoms with van der Waals surface area (Å²) >= 11 is 1.39. The van der Waals surface area contributed by atoms with Crippen LogP contribution in [-0.4, -0.2) is 52.6 Å². The predicted octanol–water partition coefficient (Wildman–Crippen LogP) is 0.813. The molecule has 1 aromatic heterocycles. The van der Waals surface area contributed by atoms with Crippen LogP contribution in [0.25, 0.3) is 0 Å². The van der Waals surface area contributed by atoms with E-state index in [0.29, 0.717) is 12.1 Å². The number of fused-ring (bicyclic) bond motifs is 1. The second-order valence-corrected chi connectivity index (χ2v) is 5.15. The van der Waals surface area contributed by atoms with Crippen LogP contribution in [0.15, 0.2) is 6.33 Å². The minimum absolute atomic E-state index is 0.290. The highest BCUT2D eigenvalue weighted by atomic mass is 32.1. The average molecular weight is 240 g/mol. The Morgan fingerprint density at radius 1 is 1.62 bits per heavy atom. The molecule has 1 aromatic rings. The molecule has 2 aliphatic rings. The van der Waals surface area contributed by atoms with Gasteiger partial charge in [-0.15, -0.1) is 0 Å². The van der Waals surface area contributed by atoms with Gasteiger partial charge in [0.2, 0.25) is 5.13 Å². The van der Waals surface area contributed by atoms with Gasteiger partial charge in [0.15, 0.2) is 0 Å². The maximum atomic E-state index is 5.84. The van der Waals surface area contributed by atoms with Gasteiger partial charge in [-0.05, 0) is 19.4 Å². The second kappa shape index (κ2) is 4.65. The van der Waals surface area contributed by atoms with Crippen LogP contribution in [0.3, 0.4) is 0 Å². The van der Waals surface area contributed by atoms with Gasteiger partial charge in [-0.25, -0.2) is 4.98 Å². The fourth-order valence-electron chi connectivity index (χ4n) is 2.46. The molecule has 0 spiro atoms. The van der Waals surface area contributed by atoms with Crippen LogP contribution < -0.4 is 5.32 Å². The van der Waals surface area contributed by atoms with Crippen molar-refractivity contribution in [2.45, 2.75) is 25.0 Å². The van der Waals surface area contributed by atoms with Gasteiger partial charge in [-0.1, -0.05) is 0 Å². The molecule has 0 bridgehead atoms. The molecule has 2 aliphatic heterocycles. The number of morpholine rings is 1. The van der Waals surface area contributed by atoms with Gasteiger partial charge in [0.25, 0.3) is 0 Å². The Labute approximate surface area is 99.0 Å². The smallest absolute Gasteiger partial charge is 0.202 e. The van der Waals surface area contributed by atoms with Gasteiger partial charge in [0, 0.05) is 30.7 Å². The summed E-state index contributed by atoms with van der Waals surface area (Å²) in [4.78, 5) is 6.65. The lowest BCUT2D eigenvalue weighted by Crippen LogP contribution is -2.48. The Morgan fingerprint density at radius 3 is 3.50 bits per heavy atom. The first-order valence-electron chi connectivity index (χ1n) is 5.78. The Kier molecular flexibility index (Phi) is 3.03. The Hall–Kier alpha value is -0.720. The van der Waals surface area contributed by atoms with Crippen LogP contribution in [0.1, 0.15) is 12.8 Å². The summed E-state index contributed by atoms with van der Waals surface area (Å²) in [5.74, 6) is 0. The van der Waals surface area contributed by atoms with Crippen LogP contribution in [0.4, 0.5) is 5.13 Å². The quantitative estimate of drug-likeness (QED) is 0.847. The Balaban J connectivity index is 1.49. The lowest BCUT2D eigenvalue weighted by Gasteiger charge is -2.35. The van der Waals surface area contributed by atoms with E-state index in [-0.39, 0.29) is 0 Å². The van der Waals surface area contributed by atoms with Gasteiger partial charge in [-0.2, -0.15) is 4.37 Å². The number of hydrogen-bond donors (Lipinski definition) is 1. The lowest BCUT2D eigenvalue weighted by molar-refractivity contribution is -0.0415. The molecule has 0 amide bonds. The van der Waals surface area contributed by atoms with E-state index in [2.05, 4.69) is 19.6 Å². The molecular formula is C10H16N4OS. The van der Waals surface area contributed by atoms with E-state index in [1.54, 1.807) is 6.33 Å². The van der Waals surface area contributed by atoms with Crippen molar-refractivity contribution in [3.63, 3.8) is 0 Å². The SMILES string of the molecule is c1nsc(NCC2CN3CCCC3CO2)n1. The zero-order chi connectivity index (χ0) is 10.8. The molecule has 3 heterocycles. The summed E-state index contributed by atoms with van der Waals surface area (Å²) in [5.41, 5.74) is 0. The van der Waals surface area contributed by atoms with Gasteiger partial charge >= 0.3 is 0 Å². The lowest BCUT2D eigenvalue weighted by atomic mass is 10.2. The van der Waals surface area contributed by atoms with E-state index < -0.39 is 0 Å². The van der Waals surface area contributed by atoms with Crippen molar-refractivity contribution in [1.29, 1.82) is 0 Å². The van der Waals surface area contributed by atoms with Crippen molar-refractivity contribution < 1.29 is 4.74 Å². The third-order valence-corrected chi connectivity index (χ3v) is 3.93. The number of nitrogens with one attached hydrogen (secondary N) is 1. The summed E-state index contributed by atoms with van der Waals surface area (Å²) in [6, 6.07) is 0.678. The minimum Gasteiger partial charge on any atom is -0.373 e. The molecule has 3 rings (SSSR count). The first-order valence-corrected chi connectivity index (χ1v) is 6.55. The summed E-state index contributed by atoms with van der Waals surface area (Å²) in [7, 11) is 0. The van der Waals surface area contributed by atoms with E-state index in [1.165, 1.54) is 30.9 Å². The normalized spacial score (nSPS) is 30.2. The van der Waals surface area contributed by atoms with Gasteiger partial charge in [0.05, 0.1) is 12.7 Å². The van der Waals surface area contributed by atoms with Crippen molar-refractivity contribution in [3.8, 4) is 0 Å². The van der Waals surface area contributed by atoms with Crippen LogP contribution >= 0.6 is 11.5 Å². The standard InChI is InChI=1S/C10H16N4OS/c1-2-8-6-15-9(5-14(8)3-1)4-11-10-12-7-13-16-10/h7-9H,1-6H2,(H,11,12,13). The molecule has 0 aliphatic carbocycles. The largest absolute Gasteiger partial charge is 0.373 e. The molecule has 0 aromatic carbocycles. The van der Waals surface area contributed by atoms with E-state index in [0.717, 1.165) is 24.8 Å². The molecule has 88 valence electrons. The molecule has 5 nitrogen and oxygen atoms in total.